The van der Waals surface area contributed by atoms with Gasteiger partial charge in [0.2, 0.25) is 0 Å². The summed E-state index contributed by atoms with van der Waals surface area (Å²) in [6, 6.07) is 11.3. The first kappa shape index (κ1) is 10.8. The van der Waals surface area contributed by atoms with Crippen LogP contribution in [0.3, 0.4) is 0 Å². The van der Waals surface area contributed by atoms with Gasteiger partial charge in [-0.15, -0.1) is 0 Å². The SMILES string of the molecule is COc1ccc2nc3cc(OC)ccc3nc2c1. The fraction of sp³-hybridized carbons (Fsp3) is 0.143. The van der Waals surface area contributed by atoms with Gasteiger partial charge in [-0.25, -0.2) is 9.97 Å². The molecule has 0 saturated carbocycles. The minimum atomic E-state index is 0.782. The van der Waals surface area contributed by atoms with E-state index in [1.807, 2.05) is 36.4 Å². The van der Waals surface area contributed by atoms with Crippen LogP contribution in [0.25, 0.3) is 22.1 Å². The molecule has 2 aromatic carbocycles. The Labute approximate surface area is 104 Å². The van der Waals surface area contributed by atoms with Crippen LogP contribution >= 0.6 is 0 Å². The highest BCUT2D eigenvalue weighted by Gasteiger charge is 2.04. The van der Waals surface area contributed by atoms with Crippen LogP contribution < -0.4 is 9.47 Å². The summed E-state index contributed by atoms with van der Waals surface area (Å²) in [4.78, 5) is 9.13. The number of rotatable bonds is 2. The lowest BCUT2D eigenvalue weighted by Gasteiger charge is -2.05. The molecule has 0 N–H and O–H groups in total. The molecule has 0 radical (unpaired) electrons. The number of methoxy groups -OCH3 is 2. The van der Waals surface area contributed by atoms with Crippen LogP contribution in [-0.4, -0.2) is 24.2 Å². The third kappa shape index (κ3) is 1.72. The molecule has 1 heterocycles. The van der Waals surface area contributed by atoms with Crippen molar-refractivity contribution >= 4 is 22.1 Å². The van der Waals surface area contributed by atoms with Crippen LogP contribution in [-0.2, 0) is 0 Å². The minimum absolute atomic E-state index is 0.782. The first-order chi connectivity index (χ1) is 8.80. The fourth-order valence-electron chi connectivity index (χ4n) is 1.89. The Kier molecular flexibility index (Phi) is 2.48. The number of benzene rings is 2. The van der Waals surface area contributed by atoms with Gasteiger partial charge >= 0.3 is 0 Å². The molecule has 0 aliphatic carbocycles. The average molecular weight is 240 g/mol. The van der Waals surface area contributed by atoms with Gasteiger partial charge in [0.1, 0.15) is 11.5 Å². The maximum absolute atomic E-state index is 5.18. The molecule has 1 aromatic heterocycles. The van der Waals surface area contributed by atoms with Gasteiger partial charge in [-0.2, -0.15) is 0 Å². The zero-order valence-corrected chi connectivity index (χ0v) is 10.2. The molecule has 3 rings (SSSR count). The Morgan fingerprint density at radius 2 is 1.11 bits per heavy atom. The average Bonchev–Trinajstić information content (AvgIpc) is 2.43. The molecular weight excluding hydrogens is 228 g/mol. The van der Waals surface area contributed by atoms with Crippen LogP contribution in [0.4, 0.5) is 0 Å². The van der Waals surface area contributed by atoms with E-state index >= 15 is 0 Å². The number of hydrogen-bond acceptors (Lipinski definition) is 4. The number of nitrogens with zero attached hydrogens (tertiary/aromatic N) is 2. The Balaban J connectivity index is 2.28. The Morgan fingerprint density at radius 1 is 0.667 bits per heavy atom. The summed E-state index contributed by atoms with van der Waals surface area (Å²) in [5, 5.41) is 0. The summed E-state index contributed by atoms with van der Waals surface area (Å²) in [7, 11) is 3.28. The fourth-order valence-corrected chi connectivity index (χ4v) is 1.89. The van der Waals surface area contributed by atoms with Crippen molar-refractivity contribution in [3.63, 3.8) is 0 Å². The molecule has 0 amide bonds. The van der Waals surface area contributed by atoms with Crippen molar-refractivity contribution in [2.75, 3.05) is 14.2 Å². The maximum Gasteiger partial charge on any atom is 0.121 e. The second-order valence-corrected chi connectivity index (χ2v) is 3.93. The molecule has 0 fully saturated rings. The van der Waals surface area contributed by atoms with E-state index in [4.69, 9.17) is 9.47 Å². The third-order valence-electron chi connectivity index (χ3n) is 2.85. The van der Waals surface area contributed by atoms with Gasteiger partial charge in [-0.3, -0.25) is 0 Å². The van der Waals surface area contributed by atoms with Crippen LogP contribution in [0, 0.1) is 0 Å². The summed E-state index contributed by atoms with van der Waals surface area (Å²) in [6.07, 6.45) is 0. The summed E-state index contributed by atoms with van der Waals surface area (Å²) < 4.78 is 10.4. The number of ether oxygens (including phenoxy) is 2. The van der Waals surface area contributed by atoms with Gasteiger partial charge in [-0.1, -0.05) is 0 Å². The Bertz CT molecular complexity index is 662. The highest BCUT2D eigenvalue weighted by Crippen LogP contribution is 2.23. The maximum atomic E-state index is 5.18. The second kappa shape index (κ2) is 4.14. The lowest BCUT2D eigenvalue weighted by Crippen LogP contribution is -1.90. The largest absolute Gasteiger partial charge is 0.497 e. The van der Waals surface area contributed by atoms with Crippen molar-refractivity contribution in [2.45, 2.75) is 0 Å². The quantitative estimate of drug-likeness (QED) is 0.646. The van der Waals surface area contributed by atoms with Crippen LogP contribution in [0.15, 0.2) is 36.4 Å². The molecule has 0 spiro atoms. The summed E-state index contributed by atoms with van der Waals surface area (Å²) in [5.74, 6) is 1.56. The molecule has 0 saturated heterocycles. The van der Waals surface area contributed by atoms with Crippen LogP contribution in [0.2, 0.25) is 0 Å². The molecule has 0 atom stereocenters. The molecular formula is C14H12N2O2. The van der Waals surface area contributed by atoms with Crippen molar-refractivity contribution in [2.24, 2.45) is 0 Å². The minimum Gasteiger partial charge on any atom is -0.497 e. The first-order valence-corrected chi connectivity index (χ1v) is 5.60. The normalized spacial score (nSPS) is 10.8. The van der Waals surface area contributed by atoms with Crippen LogP contribution in [0.5, 0.6) is 11.5 Å². The van der Waals surface area contributed by atoms with Gasteiger partial charge in [0.15, 0.2) is 0 Å². The first-order valence-electron chi connectivity index (χ1n) is 5.60. The standard InChI is InChI=1S/C14H12N2O2/c1-17-9-3-5-11-13(7-9)15-12-6-4-10(18-2)8-14(12)16-11/h3-8H,1-2H3. The topological polar surface area (TPSA) is 44.2 Å². The number of fused-ring (bicyclic) bond motifs is 2. The molecule has 3 aromatic rings. The number of hydrogen-bond donors (Lipinski definition) is 0. The lowest BCUT2D eigenvalue weighted by atomic mass is 10.2. The van der Waals surface area contributed by atoms with Crippen molar-refractivity contribution in [1.29, 1.82) is 0 Å². The van der Waals surface area contributed by atoms with E-state index in [2.05, 4.69) is 9.97 Å². The highest BCUT2D eigenvalue weighted by atomic mass is 16.5. The summed E-state index contributed by atoms with van der Waals surface area (Å²) in [5.41, 5.74) is 3.34. The second-order valence-electron chi connectivity index (χ2n) is 3.93. The number of aromatic nitrogens is 2. The van der Waals surface area contributed by atoms with Gasteiger partial charge < -0.3 is 9.47 Å². The van der Waals surface area contributed by atoms with E-state index in [0.717, 1.165) is 33.6 Å². The molecule has 90 valence electrons. The van der Waals surface area contributed by atoms with Crippen molar-refractivity contribution < 1.29 is 9.47 Å². The molecule has 0 unspecified atom stereocenters. The van der Waals surface area contributed by atoms with Gasteiger partial charge in [0, 0.05) is 12.1 Å². The predicted octanol–water partition coefficient (Wildman–Crippen LogP) is 2.80. The van der Waals surface area contributed by atoms with Gasteiger partial charge in [0.05, 0.1) is 36.3 Å². The molecule has 0 aliphatic rings. The van der Waals surface area contributed by atoms with Crippen molar-refractivity contribution in [3.8, 4) is 11.5 Å². The van der Waals surface area contributed by atoms with E-state index in [1.165, 1.54) is 0 Å². The van der Waals surface area contributed by atoms with E-state index in [0.29, 0.717) is 0 Å². The van der Waals surface area contributed by atoms with E-state index in [9.17, 15) is 0 Å². The van der Waals surface area contributed by atoms with E-state index < -0.39 is 0 Å². The Hall–Kier alpha value is -2.36. The van der Waals surface area contributed by atoms with Crippen molar-refractivity contribution in [3.05, 3.63) is 36.4 Å². The van der Waals surface area contributed by atoms with Gasteiger partial charge in [-0.05, 0) is 24.3 Å². The smallest absolute Gasteiger partial charge is 0.121 e. The zero-order chi connectivity index (χ0) is 12.5. The van der Waals surface area contributed by atoms with Crippen LogP contribution in [0.1, 0.15) is 0 Å². The van der Waals surface area contributed by atoms with E-state index in [1.54, 1.807) is 14.2 Å². The lowest BCUT2D eigenvalue weighted by molar-refractivity contribution is 0.415. The van der Waals surface area contributed by atoms with Gasteiger partial charge in [0.25, 0.3) is 0 Å². The molecule has 4 heteroatoms. The zero-order valence-electron chi connectivity index (χ0n) is 10.2. The highest BCUT2D eigenvalue weighted by molar-refractivity contribution is 5.87. The predicted molar refractivity (Wildman–Crippen MR) is 70.1 cm³/mol. The third-order valence-corrected chi connectivity index (χ3v) is 2.85. The van der Waals surface area contributed by atoms with E-state index in [-0.39, 0.29) is 0 Å². The monoisotopic (exact) mass is 240 g/mol. The Morgan fingerprint density at radius 3 is 1.50 bits per heavy atom. The molecule has 0 bridgehead atoms. The molecule has 4 nitrogen and oxygen atoms in total. The summed E-state index contributed by atoms with van der Waals surface area (Å²) in [6.45, 7) is 0. The molecule has 0 aliphatic heterocycles. The summed E-state index contributed by atoms with van der Waals surface area (Å²) >= 11 is 0. The van der Waals surface area contributed by atoms with Crippen molar-refractivity contribution in [1.82, 2.24) is 9.97 Å². The molecule has 18 heavy (non-hydrogen) atoms.